The van der Waals surface area contributed by atoms with Gasteiger partial charge in [-0.15, -0.1) is 0 Å². The van der Waals surface area contributed by atoms with E-state index in [0.29, 0.717) is 12.8 Å². The zero-order valence-electron chi connectivity index (χ0n) is 62.0. The van der Waals surface area contributed by atoms with Crippen molar-refractivity contribution in [1.82, 2.24) is 16.0 Å². The number of aliphatic carboxylic acids is 2. The Labute approximate surface area is 655 Å². The van der Waals surface area contributed by atoms with Crippen LogP contribution >= 0.6 is 0 Å². The van der Waals surface area contributed by atoms with Gasteiger partial charge in [0.15, 0.2) is 12.6 Å². The third-order valence-corrected chi connectivity index (χ3v) is 19.4. The number of aliphatic hydroxyl groups is 14. The number of carboxylic acid groups (broad SMARTS) is 2. The van der Waals surface area contributed by atoms with Crippen LogP contribution in [0.3, 0.4) is 0 Å². The van der Waals surface area contributed by atoms with Crippen molar-refractivity contribution in [2.24, 2.45) is 0 Å². The molecule has 4 aliphatic rings. The predicted octanol–water partition coefficient (Wildman–Crippen LogP) is -8.32. The summed E-state index contributed by atoms with van der Waals surface area (Å²) in [6, 6.07) is -4.81. The number of nitrogens with one attached hydrogen (secondary N) is 3. The average Bonchev–Trinajstić information content (AvgIpc) is 0.756. The Morgan fingerprint density at radius 1 is 0.538 bits per heavy atom. The maximum atomic E-state index is 13.5. The summed E-state index contributed by atoms with van der Waals surface area (Å²) < 4.78 is 46.1. The topological polar surface area (TPSA) is 525 Å². The number of unbranched alkanes of at least 4 members (excludes halogenated alkanes) is 25. The fourth-order valence-corrected chi connectivity index (χ4v) is 13.5. The van der Waals surface area contributed by atoms with Gasteiger partial charge in [-0.2, -0.15) is 0 Å². The van der Waals surface area contributed by atoms with Gasteiger partial charge in [-0.3, -0.25) is 14.4 Å². The molecule has 24 unspecified atom stereocenters. The molecule has 594 valence electrons. The second-order valence-electron chi connectivity index (χ2n) is 27.9. The van der Waals surface area contributed by atoms with E-state index in [1.54, 1.807) is 6.08 Å². The number of carboxylic acids is 2. The van der Waals surface area contributed by atoms with E-state index < -0.39 is 216 Å². The van der Waals surface area contributed by atoms with Crippen molar-refractivity contribution in [3.05, 3.63) is 12.2 Å². The molecule has 0 aromatic rings. The molecule has 4 saturated heterocycles. The second-order valence-corrected chi connectivity index (χ2v) is 27.9. The van der Waals surface area contributed by atoms with Crippen LogP contribution in [0.1, 0.15) is 220 Å². The smallest absolute Gasteiger partial charge is 0.544 e. The van der Waals surface area contributed by atoms with Crippen LogP contribution in [0.5, 0.6) is 0 Å². The molecule has 3 amide bonds. The van der Waals surface area contributed by atoms with Gasteiger partial charge in [0.05, 0.1) is 69.5 Å². The average molecular weight is 1520 g/mol. The Morgan fingerprint density at radius 2 is 0.981 bits per heavy atom. The summed E-state index contributed by atoms with van der Waals surface area (Å²) in [5, 5.41) is 189. The number of ether oxygens (including phenoxy) is 8. The quantitative estimate of drug-likeness (QED) is 0.0153. The minimum atomic E-state index is -3.51. The van der Waals surface area contributed by atoms with E-state index in [2.05, 4.69) is 29.8 Å². The molecule has 0 aliphatic carbocycles. The first-order valence-corrected chi connectivity index (χ1v) is 37.2. The molecular formula is C70H123N3Na2O29. The van der Waals surface area contributed by atoms with Crippen molar-refractivity contribution >= 4 is 29.7 Å². The fraction of sp³-hybridized carbons (Fsp3) is 0.900. The Bertz CT molecular complexity index is 2420. The van der Waals surface area contributed by atoms with Crippen molar-refractivity contribution in [1.29, 1.82) is 0 Å². The van der Waals surface area contributed by atoms with E-state index in [-0.39, 0.29) is 71.4 Å². The van der Waals surface area contributed by atoms with Gasteiger partial charge in [-0.05, 0) is 19.3 Å². The summed E-state index contributed by atoms with van der Waals surface area (Å²) in [6.45, 7) is 0.955. The summed E-state index contributed by atoms with van der Waals surface area (Å²) in [5.74, 6) is -13.9. The fourth-order valence-electron chi connectivity index (χ4n) is 13.5. The molecule has 0 aromatic carbocycles. The third kappa shape index (κ3) is 31.4. The first kappa shape index (κ1) is 98.3. The molecule has 4 aliphatic heterocycles. The Balaban J connectivity index is 0.0000184. The molecule has 0 aromatic heterocycles. The third-order valence-electron chi connectivity index (χ3n) is 19.4. The van der Waals surface area contributed by atoms with Crippen molar-refractivity contribution in [2.45, 2.75) is 366 Å². The van der Waals surface area contributed by atoms with Crippen molar-refractivity contribution < 1.29 is 203 Å². The van der Waals surface area contributed by atoms with Crippen LogP contribution in [0.2, 0.25) is 0 Å². The molecule has 32 nitrogen and oxygen atoms in total. The van der Waals surface area contributed by atoms with E-state index in [9.17, 15) is 106 Å². The van der Waals surface area contributed by atoms with Crippen molar-refractivity contribution in [3.8, 4) is 0 Å². The number of hydrogen-bond donors (Lipinski definition) is 17. The first-order chi connectivity index (χ1) is 48.7. The van der Waals surface area contributed by atoms with Gasteiger partial charge in [0.25, 0.3) is 0 Å². The maximum Gasteiger partial charge on any atom is 1.00 e. The van der Waals surface area contributed by atoms with Gasteiger partial charge in [-0.25, -0.2) is 0 Å². The zero-order chi connectivity index (χ0) is 75.5. The standard InChI is InChI=1S/C70H125N3O29.2Na/c1-5-7-9-11-13-15-17-19-20-22-24-26-28-30-32-34-52(84)73-44(45(80)33-31-29-27-25-23-21-18-16-14-12-10-8-6-2)41-95-65-59(89)58(88)61(51(40-77)97-65)98-66-60(90)64(56(86)49(38-75)96-66)102-70(68(93)94)36-47(82)54(72-43(4)79)63(101-70)57(87)50(39-76)99-69(67(91)92)35-46(81)53(71-42(3)78)62(100-69)55(85)48(83)37-74;;/h31,33,44-51,53-66,74-77,80-83,85-90H,5-30,32,34-41H2,1-4H3,(H,71,78)(H,72,79)(H,73,84)(H,91,92)(H,93,94);;/q;2*+1/p-2/b33-31+;;. The van der Waals surface area contributed by atoms with E-state index in [4.69, 9.17) is 37.9 Å². The van der Waals surface area contributed by atoms with Crippen LogP contribution in [0.15, 0.2) is 12.2 Å². The molecule has 34 heteroatoms. The molecule has 4 fully saturated rings. The van der Waals surface area contributed by atoms with Gasteiger partial charge >= 0.3 is 59.1 Å². The minimum absolute atomic E-state index is 0. The van der Waals surface area contributed by atoms with E-state index in [1.807, 2.05) is 6.08 Å². The normalized spacial score (nSPS) is 31.1. The molecule has 0 bridgehead atoms. The van der Waals surface area contributed by atoms with Crippen molar-refractivity contribution in [3.63, 3.8) is 0 Å². The van der Waals surface area contributed by atoms with Crippen LogP contribution < -0.4 is 85.3 Å². The number of rotatable bonds is 52. The van der Waals surface area contributed by atoms with Crippen LogP contribution in [-0.2, 0) is 61.9 Å². The Morgan fingerprint density at radius 3 is 1.43 bits per heavy atom. The number of allylic oxidation sites excluding steroid dienone is 1. The Kier molecular flexibility index (Phi) is 49.6. The van der Waals surface area contributed by atoms with Gasteiger partial charge < -0.3 is 145 Å². The van der Waals surface area contributed by atoms with Crippen molar-refractivity contribution in [2.75, 3.05) is 33.0 Å². The van der Waals surface area contributed by atoms with Crippen LogP contribution in [-0.4, -0.2) is 280 Å². The summed E-state index contributed by atoms with van der Waals surface area (Å²) in [7, 11) is 0. The molecule has 0 radical (unpaired) electrons. The number of amides is 3. The Hall–Kier alpha value is -1.79. The number of carbonyl (C=O) groups is 5. The van der Waals surface area contributed by atoms with Gasteiger partial charge in [0.1, 0.15) is 97.4 Å². The zero-order valence-corrected chi connectivity index (χ0v) is 66.0. The molecule has 4 rings (SSSR count). The van der Waals surface area contributed by atoms with Crippen LogP contribution in [0.4, 0.5) is 0 Å². The summed E-state index contributed by atoms with van der Waals surface area (Å²) in [6.07, 6.45) is -9.25. The molecule has 0 saturated carbocycles. The molecule has 4 heterocycles. The molecule has 24 atom stereocenters. The summed E-state index contributed by atoms with van der Waals surface area (Å²) in [5.41, 5.74) is 0. The number of carbonyl (C=O) groups excluding carboxylic acids is 5. The monoisotopic (exact) mass is 1520 g/mol. The van der Waals surface area contributed by atoms with E-state index >= 15 is 0 Å². The maximum absolute atomic E-state index is 13.5. The van der Waals surface area contributed by atoms with E-state index in [1.165, 1.54) is 109 Å². The van der Waals surface area contributed by atoms with Gasteiger partial charge in [-0.1, -0.05) is 180 Å². The summed E-state index contributed by atoms with van der Waals surface area (Å²) >= 11 is 0. The predicted molar refractivity (Wildman–Crippen MR) is 358 cm³/mol. The minimum Gasteiger partial charge on any atom is -0.544 e. The molecule has 17 N–H and O–H groups in total. The molecule has 0 spiro atoms. The number of hydrogen-bond acceptors (Lipinski definition) is 29. The SMILES string of the molecule is CCCCCCCCCCCCC/C=C/C(O)C(COC1OC(CO)C(OC2OC(CO)C(O)C(OC3(C(=O)[O-])CC(O)C(NC(C)=O)C(C(O)C(CO)OC4(C(=O)[O-])CC(O)C(NC(C)=O)C(C(O)C(O)CO)O4)O3)C2O)C(O)C1O)NC(=O)CCCCCCCCCCCCCCCCC.[Na+].[Na+]. The molecule has 104 heavy (non-hydrogen) atoms. The summed E-state index contributed by atoms with van der Waals surface area (Å²) in [4.78, 5) is 64.7. The molecular weight excluding hydrogens is 1390 g/mol. The largest absolute Gasteiger partial charge is 1.00 e. The first-order valence-electron chi connectivity index (χ1n) is 37.2. The van der Waals surface area contributed by atoms with Crippen LogP contribution in [0.25, 0.3) is 0 Å². The number of aliphatic hydroxyl groups excluding tert-OH is 14. The van der Waals surface area contributed by atoms with Gasteiger partial charge in [0, 0.05) is 33.1 Å². The van der Waals surface area contributed by atoms with E-state index in [0.717, 1.165) is 65.2 Å². The second kappa shape index (κ2) is 52.4. The van der Waals surface area contributed by atoms with Crippen LogP contribution in [0, 0.1) is 0 Å². The van der Waals surface area contributed by atoms with Gasteiger partial charge in [0.2, 0.25) is 29.3 Å².